The van der Waals surface area contributed by atoms with Crippen molar-refractivity contribution in [2.24, 2.45) is 10.9 Å². The van der Waals surface area contributed by atoms with Crippen molar-refractivity contribution in [1.29, 1.82) is 0 Å². The van der Waals surface area contributed by atoms with E-state index in [9.17, 15) is 9.18 Å². The molecule has 0 unspecified atom stereocenters. The third kappa shape index (κ3) is 6.43. The van der Waals surface area contributed by atoms with Crippen molar-refractivity contribution in [3.05, 3.63) is 101 Å². The molecule has 2 N–H and O–H groups in total. The molecule has 0 heterocycles. The molecule has 3 rings (SSSR count). The van der Waals surface area contributed by atoms with Crippen molar-refractivity contribution in [3.8, 4) is 11.5 Å². The van der Waals surface area contributed by atoms with Crippen LogP contribution in [0.4, 0.5) is 4.39 Å². The number of halogens is 1. The van der Waals surface area contributed by atoms with E-state index in [2.05, 4.69) is 5.16 Å². The van der Waals surface area contributed by atoms with E-state index in [0.29, 0.717) is 17.9 Å². The highest BCUT2D eigenvalue weighted by atomic mass is 19.1. The zero-order chi connectivity index (χ0) is 22.1. The van der Waals surface area contributed by atoms with Crippen molar-refractivity contribution in [2.45, 2.75) is 6.61 Å². The lowest BCUT2D eigenvalue weighted by Gasteiger charge is -2.11. The molecule has 0 atom stereocenters. The number of carbonyl (C=O) groups excluding carboxylic acids is 1. The van der Waals surface area contributed by atoms with E-state index < -0.39 is 11.8 Å². The number of hydrogen-bond donors (Lipinski definition) is 1. The first-order valence-electron chi connectivity index (χ1n) is 9.38. The summed E-state index contributed by atoms with van der Waals surface area (Å²) in [6, 6.07) is 20.2. The molecule has 0 aliphatic rings. The van der Waals surface area contributed by atoms with Crippen LogP contribution in [-0.4, -0.2) is 18.9 Å². The van der Waals surface area contributed by atoms with Gasteiger partial charge in [-0.3, -0.25) is 0 Å². The summed E-state index contributed by atoms with van der Waals surface area (Å²) < 4.78 is 24.1. The molecule has 6 nitrogen and oxygen atoms in total. The van der Waals surface area contributed by atoms with Gasteiger partial charge >= 0.3 is 5.97 Å². The lowest BCUT2D eigenvalue weighted by molar-refractivity contribution is -0.137. The second-order valence-corrected chi connectivity index (χ2v) is 6.40. The maximum absolute atomic E-state index is 12.9. The standard InChI is InChI=1S/C24H21FN2O4/c1-29-22-13-7-17(15-19(22)16-30-21-5-3-2-4-6-21)8-14-23(28)31-27-24(26)18-9-11-20(25)12-10-18/h2-15H,16H2,1H3,(H2,26,27)/b14-8-. The van der Waals surface area contributed by atoms with Gasteiger partial charge in [0, 0.05) is 17.2 Å². The number of para-hydroxylation sites is 1. The van der Waals surface area contributed by atoms with E-state index in [-0.39, 0.29) is 5.84 Å². The fourth-order valence-corrected chi connectivity index (χ4v) is 2.65. The fourth-order valence-electron chi connectivity index (χ4n) is 2.65. The maximum Gasteiger partial charge on any atom is 0.358 e. The topological polar surface area (TPSA) is 83.1 Å². The van der Waals surface area contributed by atoms with Crippen molar-refractivity contribution in [1.82, 2.24) is 0 Å². The minimum atomic E-state index is -0.706. The second kappa shape index (κ2) is 10.6. The van der Waals surface area contributed by atoms with Gasteiger partial charge in [0.15, 0.2) is 5.84 Å². The van der Waals surface area contributed by atoms with Gasteiger partial charge in [-0.15, -0.1) is 0 Å². The van der Waals surface area contributed by atoms with Gasteiger partial charge in [-0.1, -0.05) is 29.4 Å². The predicted octanol–water partition coefficient (Wildman–Crippen LogP) is 4.29. The lowest BCUT2D eigenvalue weighted by atomic mass is 10.1. The number of carbonyl (C=O) groups is 1. The highest BCUT2D eigenvalue weighted by molar-refractivity contribution is 5.97. The van der Waals surface area contributed by atoms with Gasteiger partial charge in [-0.05, 0) is 60.2 Å². The molecule has 0 aromatic heterocycles. The van der Waals surface area contributed by atoms with Crippen molar-refractivity contribution in [3.63, 3.8) is 0 Å². The van der Waals surface area contributed by atoms with Gasteiger partial charge < -0.3 is 20.0 Å². The second-order valence-electron chi connectivity index (χ2n) is 6.40. The molecule has 0 spiro atoms. The summed E-state index contributed by atoms with van der Waals surface area (Å²) >= 11 is 0. The third-order valence-corrected chi connectivity index (χ3v) is 4.23. The summed E-state index contributed by atoms with van der Waals surface area (Å²) in [7, 11) is 1.58. The first-order valence-corrected chi connectivity index (χ1v) is 9.38. The normalized spacial score (nSPS) is 11.4. The van der Waals surface area contributed by atoms with Crippen molar-refractivity contribution < 1.29 is 23.5 Å². The first-order chi connectivity index (χ1) is 15.0. The van der Waals surface area contributed by atoms with Crippen LogP contribution in [0.1, 0.15) is 16.7 Å². The van der Waals surface area contributed by atoms with Crippen LogP contribution in [0.3, 0.4) is 0 Å². The Morgan fingerprint density at radius 3 is 2.52 bits per heavy atom. The smallest absolute Gasteiger partial charge is 0.358 e. The van der Waals surface area contributed by atoms with Crippen molar-refractivity contribution in [2.75, 3.05) is 7.11 Å². The van der Waals surface area contributed by atoms with E-state index in [4.69, 9.17) is 20.0 Å². The highest BCUT2D eigenvalue weighted by Crippen LogP contribution is 2.23. The largest absolute Gasteiger partial charge is 0.496 e. The van der Waals surface area contributed by atoms with Gasteiger partial charge in [0.05, 0.1) is 7.11 Å². The first kappa shape index (κ1) is 21.6. The van der Waals surface area contributed by atoms with Crippen LogP contribution in [0.5, 0.6) is 11.5 Å². The number of nitrogens with two attached hydrogens (primary N) is 1. The number of hydrogen-bond acceptors (Lipinski definition) is 5. The van der Waals surface area contributed by atoms with Crippen LogP contribution in [0.2, 0.25) is 0 Å². The molecule has 0 fully saturated rings. The summed E-state index contributed by atoms with van der Waals surface area (Å²) in [5.41, 5.74) is 7.74. The highest BCUT2D eigenvalue weighted by Gasteiger charge is 2.06. The number of amidine groups is 1. The molecule has 0 saturated carbocycles. The Morgan fingerprint density at radius 1 is 1.06 bits per heavy atom. The predicted molar refractivity (Wildman–Crippen MR) is 116 cm³/mol. The minimum absolute atomic E-state index is 0.0356. The molecule has 0 amide bonds. The molecular weight excluding hydrogens is 399 g/mol. The summed E-state index contributed by atoms with van der Waals surface area (Å²) in [5, 5.41) is 3.58. The van der Waals surface area contributed by atoms with Crippen LogP contribution in [0.25, 0.3) is 6.08 Å². The third-order valence-electron chi connectivity index (χ3n) is 4.23. The zero-order valence-electron chi connectivity index (χ0n) is 16.8. The average Bonchev–Trinajstić information content (AvgIpc) is 2.81. The van der Waals surface area contributed by atoms with Crippen LogP contribution in [0.15, 0.2) is 84.0 Å². The molecule has 0 radical (unpaired) electrons. The quantitative estimate of drug-likeness (QED) is 0.193. The molecular formula is C24H21FN2O4. The Kier molecular flexibility index (Phi) is 7.37. The Balaban J connectivity index is 1.63. The molecule has 0 bridgehead atoms. The van der Waals surface area contributed by atoms with E-state index in [1.807, 2.05) is 36.4 Å². The molecule has 31 heavy (non-hydrogen) atoms. The van der Waals surface area contributed by atoms with E-state index in [1.165, 1.54) is 30.3 Å². The number of nitrogens with zero attached hydrogens (tertiary/aromatic N) is 1. The molecule has 3 aromatic carbocycles. The Hall–Kier alpha value is -4.13. The van der Waals surface area contributed by atoms with Crippen LogP contribution < -0.4 is 15.2 Å². The Bertz CT molecular complexity index is 1080. The van der Waals surface area contributed by atoms with Gasteiger partial charge in [-0.25, -0.2) is 9.18 Å². The Morgan fingerprint density at radius 2 is 1.81 bits per heavy atom. The molecule has 0 aliphatic carbocycles. The van der Waals surface area contributed by atoms with Crippen LogP contribution in [-0.2, 0) is 16.2 Å². The molecule has 0 aliphatic heterocycles. The Labute approximate surface area is 179 Å². The zero-order valence-corrected chi connectivity index (χ0v) is 16.8. The molecule has 158 valence electrons. The van der Waals surface area contributed by atoms with Gasteiger partial charge in [0.25, 0.3) is 0 Å². The number of methoxy groups -OCH3 is 1. The summed E-state index contributed by atoms with van der Waals surface area (Å²) in [4.78, 5) is 16.7. The average molecular weight is 420 g/mol. The van der Waals surface area contributed by atoms with Crippen LogP contribution >= 0.6 is 0 Å². The monoisotopic (exact) mass is 420 g/mol. The lowest BCUT2D eigenvalue weighted by Crippen LogP contribution is -2.14. The fraction of sp³-hybridized carbons (Fsp3) is 0.0833. The van der Waals surface area contributed by atoms with Gasteiger partial charge in [0.1, 0.15) is 23.9 Å². The van der Waals surface area contributed by atoms with Crippen LogP contribution in [0, 0.1) is 5.82 Å². The number of ether oxygens (including phenoxy) is 2. The number of rotatable bonds is 8. The summed E-state index contributed by atoms with van der Waals surface area (Å²) in [6.45, 7) is 0.303. The molecule has 0 saturated heterocycles. The van der Waals surface area contributed by atoms with Crippen molar-refractivity contribution >= 4 is 17.9 Å². The van der Waals surface area contributed by atoms with Gasteiger partial charge in [0.2, 0.25) is 0 Å². The minimum Gasteiger partial charge on any atom is -0.496 e. The number of benzene rings is 3. The summed E-state index contributed by atoms with van der Waals surface area (Å²) in [5.74, 6) is 0.275. The van der Waals surface area contributed by atoms with E-state index in [0.717, 1.165) is 16.9 Å². The SMILES string of the molecule is COc1ccc(/C=C\C(=O)O/N=C(\N)c2ccc(F)cc2)cc1COc1ccccc1. The van der Waals surface area contributed by atoms with E-state index in [1.54, 1.807) is 25.3 Å². The number of oxime groups is 1. The molecule has 7 heteroatoms. The maximum atomic E-state index is 12.9. The van der Waals surface area contributed by atoms with E-state index >= 15 is 0 Å². The molecule has 3 aromatic rings. The summed E-state index contributed by atoms with van der Waals surface area (Å²) in [6.07, 6.45) is 2.81. The van der Waals surface area contributed by atoms with Gasteiger partial charge in [-0.2, -0.15) is 0 Å².